The molecule has 1 aliphatic carbocycles. The van der Waals surface area contributed by atoms with Crippen molar-refractivity contribution < 1.29 is 5.11 Å². The van der Waals surface area contributed by atoms with Gasteiger partial charge >= 0.3 is 0 Å². The number of hydrogen-bond acceptors (Lipinski definition) is 3. The van der Waals surface area contributed by atoms with Crippen molar-refractivity contribution in [2.75, 3.05) is 19.6 Å². The fourth-order valence-corrected chi connectivity index (χ4v) is 1.64. The Hall–Kier alpha value is -0.120. The maximum absolute atomic E-state index is 9.29. The summed E-state index contributed by atoms with van der Waals surface area (Å²) in [4.78, 5) is 2.52. The Bertz CT molecular complexity index is 157. The summed E-state index contributed by atoms with van der Waals surface area (Å²) in [6.45, 7) is 9.31. The summed E-state index contributed by atoms with van der Waals surface area (Å²) in [5.41, 5.74) is 0. The molecule has 1 rings (SSSR count). The number of rotatable bonds is 7. The highest BCUT2D eigenvalue weighted by Gasteiger charge is 2.27. The second-order valence-corrected chi connectivity index (χ2v) is 4.34. The second kappa shape index (κ2) is 5.69. The number of nitrogens with zero attached hydrogens (tertiary/aromatic N) is 1. The van der Waals surface area contributed by atoms with Crippen LogP contribution in [0.5, 0.6) is 0 Å². The van der Waals surface area contributed by atoms with Crippen molar-refractivity contribution in [3.8, 4) is 0 Å². The first-order valence-electron chi connectivity index (χ1n) is 5.80. The van der Waals surface area contributed by atoms with Gasteiger partial charge in [0, 0.05) is 25.2 Å². The zero-order valence-corrected chi connectivity index (χ0v) is 9.66. The van der Waals surface area contributed by atoms with Gasteiger partial charge in [-0.2, -0.15) is 0 Å². The first kappa shape index (κ1) is 12.0. The monoisotopic (exact) mass is 200 g/mol. The van der Waals surface area contributed by atoms with E-state index < -0.39 is 0 Å². The molecule has 0 aromatic heterocycles. The third-order valence-corrected chi connectivity index (χ3v) is 3.06. The van der Waals surface area contributed by atoms with Gasteiger partial charge in [0.1, 0.15) is 0 Å². The molecular formula is C11H24N2O. The van der Waals surface area contributed by atoms with E-state index in [1.165, 1.54) is 12.8 Å². The first-order valence-corrected chi connectivity index (χ1v) is 5.80. The average Bonchev–Trinajstić information content (AvgIpc) is 2.95. The van der Waals surface area contributed by atoms with Crippen LogP contribution in [0.15, 0.2) is 0 Å². The molecule has 0 saturated heterocycles. The molecule has 1 aliphatic rings. The van der Waals surface area contributed by atoms with E-state index in [4.69, 9.17) is 0 Å². The molecule has 2 unspecified atom stereocenters. The van der Waals surface area contributed by atoms with Gasteiger partial charge in [-0.3, -0.25) is 4.90 Å². The first-order chi connectivity index (χ1) is 6.65. The van der Waals surface area contributed by atoms with E-state index in [2.05, 4.69) is 17.1 Å². The third-order valence-electron chi connectivity index (χ3n) is 3.06. The molecule has 0 spiro atoms. The van der Waals surface area contributed by atoms with Crippen molar-refractivity contribution in [3.63, 3.8) is 0 Å². The van der Waals surface area contributed by atoms with E-state index in [0.29, 0.717) is 0 Å². The van der Waals surface area contributed by atoms with E-state index >= 15 is 0 Å². The number of likely N-dealkylation sites (N-methyl/N-ethyl adjacent to an activating group) is 1. The van der Waals surface area contributed by atoms with Crippen LogP contribution in [0.2, 0.25) is 0 Å². The predicted molar refractivity (Wildman–Crippen MR) is 59.4 cm³/mol. The van der Waals surface area contributed by atoms with Crippen molar-refractivity contribution in [2.24, 2.45) is 0 Å². The smallest absolute Gasteiger partial charge is 0.0662 e. The average molecular weight is 200 g/mol. The predicted octanol–water partition coefficient (Wildman–Crippen LogP) is 0.830. The molecule has 3 nitrogen and oxygen atoms in total. The van der Waals surface area contributed by atoms with Crippen LogP contribution in [-0.2, 0) is 0 Å². The normalized spacial score (nSPS) is 21.2. The van der Waals surface area contributed by atoms with Gasteiger partial charge in [-0.25, -0.2) is 0 Å². The summed E-state index contributed by atoms with van der Waals surface area (Å²) in [7, 11) is 0. The molecule has 0 aromatic rings. The van der Waals surface area contributed by atoms with Crippen molar-refractivity contribution in [3.05, 3.63) is 0 Å². The Labute approximate surface area is 87.5 Å². The van der Waals surface area contributed by atoms with Gasteiger partial charge in [0.15, 0.2) is 0 Å². The molecule has 3 heteroatoms. The lowest BCUT2D eigenvalue weighted by Gasteiger charge is -2.22. The summed E-state index contributed by atoms with van der Waals surface area (Å²) in [6, 6.07) is 1.05. The summed E-state index contributed by atoms with van der Waals surface area (Å²) in [6.07, 6.45) is 2.49. The minimum absolute atomic E-state index is 0.202. The zero-order valence-electron chi connectivity index (χ0n) is 9.66. The highest BCUT2D eigenvalue weighted by Crippen LogP contribution is 2.25. The van der Waals surface area contributed by atoms with Gasteiger partial charge in [-0.1, -0.05) is 6.92 Å². The lowest BCUT2D eigenvalue weighted by Crippen LogP contribution is -2.41. The summed E-state index contributed by atoms with van der Waals surface area (Å²) >= 11 is 0. The van der Waals surface area contributed by atoms with Crippen LogP contribution in [0.25, 0.3) is 0 Å². The van der Waals surface area contributed by atoms with Crippen LogP contribution in [0, 0.1) is 0 Å². The molecule has 0 aromatic carbocycles. The maximum Gasteiger partial charge on any atom is 0.0662 e. The standard InChI is InChI=1S/C11H24N2O/c1-4-13(11-5-6-11)8-7-12-9(2)10(3)14/h9-12,14H,4-8H2,1-3H3. The van der Waals surface area contributed by atoms with Gasteiger partial charge < -0.3 is 10.4 Å². The van der Waals surface area contributed by atoms with Crippen molar-refractivity contribution in [1.82, 2.24) is 10.2 Å². The molecule has 1 fully saturated rings. The molecule has 1 saturated carbocycles. The van der Waals surface area contributed by atoms with E-state index in [0.717, 1.165) is 25.7 Å². The highest BCUT2D eigenvalue weighted by atomic mass is 16.3. The number of nitrogens with one attached hydrogen (secondary N) is 1. The fourth-order valence-electron chi connectivity index (χ4n) is 1.64. The van der Waals surface area contributed by atoms with Crippen LogP contribution in [0.1, 0.15) is 33.6 Å². The van der Waals surface area contributed by atoms with E-state index in [-0.39, 0.29) is 12.1 Å². The highest BCUT2D eigenvalue weighted by molar-refractivity contribution is 4.84. The van der Waals surface area contributed by atoms with E-state index in [1.54, 1.807) is 0 Å². The van der Waals surface area contributed by atoms with Crippen molar-refractivity contribution in [2.45, 2.75) is 51.8 Å². The van der Waals surface area contributed by atoms with Crippen LogP contribution < -0.4 is 5.32 Å². The summed E-state index contributed by atoms with van der Waals surface area (Å²) in [5, 5.41) is 12.6. The molecule has 14 heavy (non-hydrogen) atoms. The molecule has 0 heterocycles. The second-order valence-electron chi connectivity index (χ2n) is 4.34. The van der Waals surface area contributed by atoms with Crippen LogP contribution >= 0.6 is 0 Å². The molecule has 0 bridgehead atoms. The topological polar surface area (TPSA) is 35.5 Å². The van der Waals surface area contributed by atoms with Gasteiger partial charge in [-0.05, 0) is 33.2 Å². The SMILES string of the molecule is CCN(CCNC(C)C(C)O)C1CC1. The molecule has 84 valence electrons. The van der Waals surface area contributed by atoms with Gasteiger partial charge in [0.25, 0.3) is 0 Å². The van der Waals surface area contributed by atoms with Gasteiger partial charge in [0.05, 0.1) is 6.10 Å². The van der Waals surface area contributed by atoms with Crippen LogP contribution in [-0.4, -0.2) is 47.8 Å². The minimum Gasteiger partial charge on any atom is -0.392 e. The van der Waals surface area contributed by atoms with Crippen LogP contribution in [0.4, 0.5) is 0 Å². The molecule has 2 atom stereocenters. The molecular weight excluding hydrogens is 176 g/mol. The molecule has 2 N–H and O–H groups in total. The number of aliphatic hydroxyl groups is 1. The van der Waals surface area contributed by atoms with Gasteiger partial charge in [-0.15, -0.1) is 0 Å². The van der Waals surface area contributed by atoms with E-state index in [9.17, 15) is 5.11 Å². The summed E-state index contributed by atoms with van der Waals surface area (Å²) < 4.78 is 0. The Morgan fingerprint density at radius 1 is 1.43 bits per heavy atom. The molecule has 0 aliphatic heterocycles. The third kappa shape index (κ3) is 3.95. The lowest BCUT2D eigenvalue weighted by atomic mass is 10.2. The number of hydrogen-bond donors (Lipinski definition) is 2. The largest absolute Gasteiger partial charge is 0.392 e. The molecule has 0 amide bonds. The van der Waals surface area contributed by atoms with Crippen molar-refractivity contribution >= 4 is 0 Å². The maximum atomic E-state index is 9.29. The quantitative estimate of drug-likeness (QED) is 0.639. The Morgan fingerprint density at radius 3 is 2.50 bits per heavy atom. The Balaban J connectivity index is 2.06. The summed E-state index contributed by atoms with van der Waals surface area (Å²) in [5.74, 6) is 0. The molecule has 0 radical (unpaired) electrons. The Morgan fingerprint density at radius 2 is 2.07 bits per heavy atom. The van der Waals surface area contributed by atoms with Crippen LogP contribution in [0.3, 0.4) is 0 Å². The van der Waals surface area contributed by atoms with E-state index in [1.807, 2.05) is 13.8 Å². The zero-order chi connectivity index (χ0) is 10.6. The number of aliphatic hydroxyl groups excluding tert-OH is 1. The minimum atomic E-state index is -0.258. The Kier molecular flexibility index (Phi) is 4.85. The van der Waals surface area contributed by atoms with Gasteiger partial charge in [0.2, 0.25) is 0 Å². The van der Waals surface area contributed by atoms with Crippen molar-refractivity contribution in [1.29, 1.82) is 0 Å². The lowest BCUT2D eigenvalue weighted by molar-refractivity contribution is 0.149. The fraction of sp³-hybridized carbons (Fsp3) is 1.00.